The molecule has 2 N–H and O–H groups in total. The molecule has 1 unspecified atom stereocenters. The van der Waals surface area contributed by atoms with E-state index in [-0.39, 0.29) is 43.2 Å². The fourth-order valence-corrected chi connectivity index (χ4v) is 5.67. The van der Waals surface area contributed by atoms with E-state index in [1.54, 1.807) is 24.8 Å². The number of H-pyrrole nitrogens is 1. The highest BCUT2D eigenvalue weighted by molar-refractivity contribution is 7.07. The Balaban J connectivity index is 0.00000353. The largest absolute Gasteiger partial charge is 0.496 e. The monoisotopic (exact) mass is 569 g/mol. The molecule has 0 radical (unpaired) electrons. The van der Waals surface area contributed by atoms with Gasteiger partial charge in [-0.2, -0.15) is 0 Å². The second-order valence-electron chi connectivity index (χ2n) is 10.6. The molecule has 1 fully saturated rings. The number of benzene rings is 2. The maximum Gasteiger partial charge on any atom is 0.331 e. The van der Waals surface area contributed by atoms with E-state index in [9.17, 15) is 14.7 Å². The number of aromatic nitrogens is 3. The number of aliphatic carboxylic acids is 1. The summed E-state index contributed by atoms with van der Waals surface area (Å²) in [5.41, 5.74) is 3.59. The highest BCUT2D eigenvalue weighted by Gasteiger charge is 2.51. The zero-order valence-electron chi connectivity index (χ0n) is 22.3. The molecule has 5 rings (SSSR count). The van der Waals surface area contributed by atoms with Crippen LogP contribution in [0.25, 0.3) is 11.0 Å². The molecule has 11 heteroatoms. The van der Waals surface area contributed by atoms with Gasteiger partial charge in [0.05, 0.1) is 35.9 Å². The lowest BCUT2D eigenvalue weighted by Gasteiger charge is -2.48. The SMILES string of the molecule is COc1cc(C(=O)N2CCN(c3nc4ccccc4[nH]3)CC2(Cc2cscn2)C(=O)O)ccc1C(C)(C)C.Cl. The van der Waals surface area contributed by atoms with Crippen molar-refractivity contribution in [1.82, 2.24) is 19.9 Å². The molecule has 206 valence electrons. The number of carboxylic acids is 1. The van der Waals surface area contributed by atoms with Gasteiger partial charge in [-0.3, -0.25) is 4.79 Å². The molecule has 1 aliphatic rings. The second kappa shape index (κ2) is 10.9. The minimum absolute atomic E-state index is 0. The Kier molecular flexibility index (Phi) is 7.90. The first-order valence-corrected chi connectivity index (χ1v) is 13.4. The predicted octanol–water partition coefficient (Wildman–Crippen LogP) is 4.78. The Labute approximate surface area is 237 Å². The fraction of sp³-hybridized carbons (Fsp3) is 0.357. The molecule has 2 aromatic heterocycles. The third-order valence-electron chi connectivity index (χ3n) is 7.10. The highest BCUT2D eigenvalue weighted by atomic mass is 35.5. The highest BCUT2D eigenvalue weighted by Crippen LogP contribution is 2.35. The Bertz CT molecular complexity index is 1450. The van der Waals surface area contributed by atoms with Gasteiger partial charge in [-0.25, -0.2) is 14.8 Å². The first-order chi connectivity index (χ1) is 18.1. The van der Waals surface area contributed by atoms with Gasteiger partial charge < -0.3 is 24.6 Å². The van der Waals surface area contributed by atoms with Crippen molar-refractivity contribution in [3.05, 3.63) is 70.2 Å². The summed E-state index contributed by atoms with van der Waals surface area (Å²) in [6, 6.07) is 13.0. The molecular weight excluding hydrogens is 538 g/mol. The lowest BCUT2D eigenvalue weighted by molar-refractivity contribution is -0.150. The van der Waals surface area contributed by atoms with Crippen molar-refractivity contribution in [2.24, 2.45) is 0 Å². The number of amides is 1. The lowest BCUT2D eigenvalue weighted by atomic mass is 9.85. The smallest absolute Gasteiger partial charge is 0.331 e. The van der Waals surface area contributed by atoms with E-state index >= 15 is 0 Å². The van der Waals surface area contributed by atoms with Gasteiger partial charge in [-0.15, -0.1) is 23.7 Å². The van der Waals surface area contributed by atoms with Crippen molar-refractivity contribution in [2.75, 3.05) is 31.6 Å². The van der Waals surface area contributed by atoms with Crippen molar-refractivity contribution < 1.29 is 19.4 Å². The molecule has 1 atom stereocenters. The number of imidazole rings is 1. The number of halogens is 1. The van der Waals surface area contributed by atoms with Crippen LogP contribution in [-0.4, -0.2) is 69.1 Å². The van der Waals surface area contributed by atoms with Gasteiger partial charge >= 0.3 is 5.97 Å². The van der Waals surface area contributed by atoms with Crippen molar-refractivity contribution in [3.8, 4) is 5.75 Å². The number of rotatable bonds is 6. The summed E-state index contributed by atoms with van der Waals surface area (Å²) >= 11 is 1.40. The van der Waals surface area contributed by atoms with Gasteiger partial charge in [0.2, 0.25) is 5.95 Å². The summed E-state index contributed by atoms with van der Waals surface area (Å²) in [7, 11) is 1.58. The Morgan fingerprint density at radius 1 is 1.18 bits per heavy atom. The number of thiazole rings is 1. The number of aromatic amines is 1. The molecule has 1 saturated heterocycles. The first kappa shape index (κ1) is 28.4. The number of ether oxygens (including phenoxy) is 1. The number of carboxylic acid groups (broad SMARTS) is 1. The minimum Gasteiger partial charge on any atom is -0.496 e. The third-order valence-corrected chi connectivity index (χ3v) is 7.73. The summed E-state index contributed by atoms with van der Waals surface area (Å²) in [6.45, 7) is 6.92. The quantitative estimate of drug-likeness (QED) is 0.344. The zero-order valence-corrected chi connectivity index (χ0v) is 23.9. The standard InChI is InChI=1S/C28H31N5O4S.ClH/c1-27(2,3)20-10-9-18(13-23(20)37-4)24(34)33-12-11-32(26-30-21-7-5-6-8-22(21)31-26)16-28(33,25(35)36)14-19-15-38-17-29-19;/h5-10,13,15,17H,11-12,14,16H2,1-4H3,(H,30,31)(H,35,36);1H. The number of para-hydroxylation sites is 2. The average Bonchev–Trinajstić information content (AvgIpc) is 3.57. The minimum atomic E-state index is -1.56. The Morgan fingerprint density at radius 3 is 2.59 bits per heavy atom. The van der Waals surface area contributed by atoms with E-state index in [0.29, 0.717) is 29.5 Å². The summed E-state index contributed by atoms with van der Waals surface area (Å²) in [4.78, 5) is 42.9. The number of fused-ring (bicyclic) bond motifs is 1. The first-order valence-electron chi connectivity index (χ1n) is 12.4. The molecular formula is C28H32ClN5O4S. The summed E-state index contributed by atoms with van der Waals surface area (Å²) in [5.74, 6) is -0.258. The van der Waals surface area contributed by atoms with E-state index in [0.717, 1.165) is 16.6 Å². The van der Waals surface area contributed by atoms with E-state index in [1.807, 2.05) is 40.6 Å². The number of piperazine rings is 1. The van der Waals surface area contributed by atoms with Crippen molar-refractivity contribution in [3.63, 3.8) is 0 Å². The molecule has 9 nitrogen and oxygen atoms in total. The number of methoxy groups -OCH3 is 1. The van der Waals surface area contributed by atoms with Crippen molar-refractivity contribution in [2.45, 2.75) is 38.1 Å². The summed E-state index contributed by atoms with van der Waals surface area (Å²) < 4.78 is 5.62. The van der Waals surface area contributed by atoms with Crippen LogP contribution in [0.3, 0.4) is 0 Å². The van der Waals surface area contributed by atoms with Crippen molar-refractivity contribution in [1.29, 1.82) is 0 Å². The molecule has 0 aliphatic carbocycles. The molecule has 2 aromatic carbocycles. The molecule has 39 heavy (non-hydrogen) atoms. The maximum atomic E-state index is 14.0. The molecule has 4 aromatic rings. The van der Waals surface area contributed by atoms with E-state index in [1.165, 1.54) is 16.2 Å². The maximum absolute atomic E-state index is 14.0. The van der Waals surface area contributed by atoms with E-state index in [2.05, 4.69) is 35.7 Å². The number of hydrogen-bond donors (Lipinski definition) is 2. The molecule has 0 saturated carbocycles. The fourth-order valence-electron chi connectivity index (χ4n) is 5.11. The van der Waals surface area contributed by atoms with Crippen LogP contribution in [0.4, 0.5) is 5.95 Å². The topological polar surface area (TPSA) is 112 Å². The predicted molar refractivity (Wildman–Crippen MR) is 154 cm³/mol. The van der Waals surface area contributed by atoms with Gasteiger partial charge in [0.25, 0.3) is 5.91 Å². The second-order valence-corrected chi connectivity index (χ2v) is 11.3. The summed E-state index contributed by atoms with van der Waals surface area (Å²) in [5, 5.41) is 12.5. The van der Waals surface area contributed by atoms with Crippen LogP contribution in [0.15, 0.2) is 53.4 Å². The number of carbonyl (C=O) groups is 2. The lowest BCUT2D eigenvalue weighted by Crippen LogP contribution is -2.69. The number of anilines is 1. The Hall–Kier alpha value is -3.63. The third kappa shape index (κ3) is 5.31. The van der Waals surface area contributed by atoms with Crippen LogP contribution in [0.1, 0.15) is 42.4 Å². The number of carbonyl (C=O) groups excluding carboxylic acids is 1. The molecule has 0 spiro atoms. The van der Waals surface area contributed by atoms with Crippen LogP contribution in [0.5, 0.6) is 5.75 Å². The van der Waals surface area contributed by atoms with Gasteiger partial charge in [-0.05, 0) is 35.2 Å². The van der Waals surface area contributed by atoms with Crippen LogP contribution < -0.4 is 9.64 Å². The molecule has 3 heterocycles. The molecule has 0 bridgehead atoms. The van der Waals surface area contributed by atoms with Crippen LogP contribution >= 0.6 is 23.7 Å². The Morgan fingerprint density at radius 2 is 1.95 bits per heavy atom. The normalized spacial score (nSPS) is 17.6. The average molecular weight is 570 g/mol. The molecule has 1 amide bonds. The van der Waals surface area contributed by atoms with Gasteiger partial charge in [0.1, 0.15) is 5.75 Å². The van der Waals surface area contributed by atoms with Crippen molar-refractivity contribution >= 4 is 52.6 Å². The molecule has 1 aliphatic heterocycles. The van der Waals surface area contributed by atoms with Gasteiger partial charge in [-0.1, -0.05) is 39.0 Å². The zero-order chi connectivity index (χ0) is 27.1. The number of nitrogens with zero attached hydrogens (tertiary/aromatic N) is 4. The van der Waals surface area contributed by atoms with E-state index in [4.69, 9.17) is 4.74 Å². The van der Waals surface area contributed by atoms with Gasteiger partial charge in [0, 0.05) is 30.5 Å². The van der Waals surface area contributed by atoms with E-state index < -0.39 is 11.5 Å². The van der Waals surface area contributed by atoms with Gasteiger partial charge in [0.15, 0.2) is 5.54 Å². The van der Waals surface area contributed by atoms with Crippen LogP contribution in [0.2, 0.25) is 0 Å². The number of nitrogens with one attached hydrogen (secondary N) is 1. The summed E-state index contributed by atoms with van der Waals surface area (Å²) in [6.07, 6.45) is 0.0749. The van der Waals surface area contributed by atoms with Crippen LogP contribution in [0, 0.1) is 0 Å². The number of hydrogen-bond acceptors (Lipinski definition) is 7. The van der Waals surface area contributed by atoms with Crippen LogP contribution in [-0.2, 0) is 16.6 Å².